The van der Waals surface area contributed by atoms with Gasteiger partial charge in [0.1, 0.15) is 5.70 Å². The first-order valence-electron chi connectivity index (χ1n) is 12.5. The zero-order valence-electron chi connectivity index (χ0n) is 23.0. The summed E-state index contributed by atoms with van der Waals surface area (Å²) < 4.78 is 0.783. The number of nitrogens with zero attached hydrogens (tertiary/aromatic N) is 2. The van der Waals surface area contributed by atoms with Crippen LogP contribution in [0.5, 0.6) is 0 Å². The molecule has 0 aliphatic heterocycles. The van der Waals surface area contributed by atoms with Crippen LogP contribution in [0.2, 0.25) is 0 Å². The molecule has 0 saturated heterocycles. The molecule has 1 unspecified atom stereocenters. The van der Waals surface area contributed by atoms with Gasteiger partial charge in [-0.2, -0.15) is 0 Å². The molecule has 2 aromatic rings. The second-order valence-electron chi connectivity index (χ2n) is 9.85. The fraction of sp³-hybridized carbons (Fsp3) is 0.333. The Kier molecular flexibility index (Phi) is 10.4. The molecule has 0 amide bonds. The Labute approximate surface area is 214 Å². The molecule has 2 rings (SSSR count). The lowest BCUT2D eigenvalue weighted by Crippen LogP contribution is -2.33. The van der Waals surface area contributed by atoms with Gasteiger partial charge in [-0.25, -0.2) is 0 Å². The van der Waals surface area contributed by atoms with Gasteiger partial charge in [-0.05, 0) is 62.1 Å². The molecule has 35 heavy (non-hydrogen) atoms. The molecule has 0 fully saturated rings. The largest absolute Gasteiger partial charge is 0.338 e. The van der Waals surface area contributed by atoms with Crippen molar-refractivity contribution < 1.29 is 4.48 Å². The van der Waals surface area contributed by atoms with Gasteiger partial charge in [0, 0.05) is 30.3 Å². The zero-order chi connectivity index (χ0) is 26.0. The normalized spacial score (nSPS) is 14.5. The minimum atomic E-state index is 0.0986. The maximum Gasteiger partial charge on any atom is 0.113 e. The topological polar surface area (TPSA) is 3.24 Å². The zero-order valence-corrected chi connectivity index (χ0v) is 23.0. The summed E-state index contributed by atoms with van der Waals surface area (Å²) in [5, 5.41) is 0. The first-order valence-corrected chi connectivity index (χ1v) is 12.5. The molecule has 2 nitrogen and oxygen atoms in total. The number of hydrogen-bond donors (Lipinski definition) is 0. The number of aryl methyl sites for hydroxylation is 1. The van der Waals surface area contributed by atoms with E-state index in [0.717, 1.165) is 22.3 Å². The van der Waals surface area contributed by atoms with Crippen LogP contribution >= 0.6 is 0 Å². The van der Waals surface area contributed by atoms with E-state index in [1.807, 2.05) is 6.92 Å². The summed E-state index contributed by atoms with van der Waals surface area (Å²) in [5.41, 5.74) is 8.91. The van der Waals surface area contributed by atoms with E-state index in [-0.39, 0.29) is 6.04 Å². The van der Waals surface area contributed by atoms with Crippen LogP contribution in [0.1, 0.15) is 51.7 Å². The number of anilines is 1. The molecule has 0 N–H and O–H groups in total. The molecule has 0 radical (unpaired) electrons. The number of benzene rings is 2. The molecule has 2 aromatic carbocycles. The molecular weight excluding hydrogens is 424 g/mol. The van der Waals surface area contributed by atoms with E-state index in [0.29, 0.717) is 6.42 Å². The first kappa shape index (κ1) is 28.0. The van der Waals surface area contributed by atoms with E-state index >= 15 is 0 Å². The average Bonchev–Trinajstić information content (AvgIpc) is 2.82. The van der Waals surface area contributed by atoms with Gasteiger partial charge in [-0.1, -0.05) is 67.6 Å². The minimum Gasteiger partial charge on any atom is -0.338 e. The molecule has 184 valence electrons. The molecule has 2 heteroatoms. The quantitative estimate of drug-likeness (QED) is 0.147. The second-order valence-corrected chi connectivity index (χ2v) is 9.85. The van der Waals surface area contributed by atoms with Crippen LogP contribution in [0.25, 0.3) is 5.57 Å². The van der Waals surface area contributed by atoms with Crippen molar-refractivity contribution in [2.75, 3.05) is 26.0 Å². The van der Waals surface area contributed by atoms with Crippen LogP contribution in [0, 0.1) is 19.3 Å². The van der Waals surface area contributed by atoms with Crippen LogP contribution in [-0.2, 0) is 0 Å². The highest BCUT2D eigenvalue weighted by Crippen LogP contribution is 2.34. The number of terminal acetylenes is 1. The minimum absolute atomic E-state index is 0.0986. The highest BCUT2D eigenvalue weighted by Gasteiger charge is 2.22. The van der Waals surface area contributed by atoms with Crippen molar-refractivity contribution in [1.29, 1.82) is 0 Å². The second kappa shape index (κ2) is 13.0. The standard InChI is InChI=1S/C33H43N2/c1-10-18-30(19-11-2)34(31-21-14-13-15-22-31)27(5)24-25-29(12-3)33(28(6)35(7,8)9)32-23-17-16-20-26(32)4/h1,11,13-17,19-25,30H,12,18H2,2-9H3/q+1. The van der Waals surface area contributed by atoms with Crippen LogP contribution in [-0.4, -0.2) is 31.7 Å². The van der Waals surface area contributed by atoms with Crippen molar-refractivity contribution in [1.82, 2.24) is 0 Å². The van der Waals surface area contributed by atoms with E-state index in [1.165, 1.54) is 28.0 Å². The third kappa shape index (κ3) is 7.35. The van der Waals surface area contributed by atoms with Crippen molar-refractivity contribution in [2.45, 2.75) is 53.5 Å². The fourth-order valence-corrected chi connectivity index (χ4v) is 4.30. The lowest BCUT2D eigenvalue weighted by Gasteiger charge is -2.32. The van der Waals surface area contributed by atoms with E-state index < -0.39 is 0 Å². The molecule has 0 saturated carbocycles. The molecule has 1 atom stereocenters. The maximum atomic E-state index is 5.76. The summed E-state index contributed by atoms with van der Waals surface area (Å²) in [5.74, 6) is 2.87. The van der Waals surface area contributed by atoms with E-state index in [1.54, 1.807) is 0 Å². The SMILES string of the molecule is C#CCC(C=CC)N(C(C)=CC=C(CC)C(=C(C)[N+](C)(C)C)c1ccccc1C)c1ccccc1. The Morgan fingerprint density at radius 1 is 1.00 bits per heavy atom. The third-order valence-electron chi connectivity index (χ3n) is 6.50. The highest BCUT2D eigenvalue weighted by atomic mass is 15.3. The van der Waals surface area contributed by atoms with Crippen molar-refractivity contribution in [3.63, 3.8) is 0 Å². The van der Waals surface area contributed by atoms with E-state index in [9.17, 15) is 0 Å². The van der Waals surface area contributed by atoms with E-state index in [2.05, 4.69) is 139 Å². The molecule has 0 spiro atoms. The van der Waals surface area contributed by atoms with Gasteiger partial charge in [0.2, 0.25) is 0 Å². The lowest BCUT2D eigenvalue weighted by molar-refractivity contribution is -0.830. The summed E-state index contributed by atoms with van der Waals surface area (Å²) in [6.45, 7) is 10.9. The number of quaternary nitrogens is 1. The van der Waals surface area contributed by atoms with E-state index in [4.69, 9.17) is 6.42 Å². The first-order chi connectivity index (χ1) is 16.6. The Hall–Kier alpha value is -3.28. The number of rotatable bonds is 10. The highest BCUT2D eigenvalue weighted by molar-refractivity contribution is 5.82. The smallest absolute Gasteiger partial charge is 0.113 e. The van der Waals surface area contributed by atoms with Crippen molar-refractivity contribution in [3.05, 3.63) is 107 Å². The Balaban J connectivity index is 2.69. The number of para-hydroxylation sites is 1. The Bertz CT molecular complexity index is 1130. The molecular formula is C33H43N2+. The average molecular weight is 468 g/mol. The molecule has 0 aliphatic carbocycles. The van der Waals surface area contributed by atoms with Crippen LogP contribution in [0.3, 0.4) is 0 Å². The summed E-state index contributed by atoms with van der Waals surface area (Å²) in [6.07, 6.45) is 16.2. The van der Waals surface area contributed by atoms with Gasteiger partial charge in [-0.15, -0.1) is 12.3 Å². The predicted octanol–water partition coefficient (Wildman–Crippen LogP) is 8.15. The number of hydrogen-bond acceptors (Lipinski definition) is 1. The monoisotopic (exact) mass is 467 g/mol. The van der Waals surface area contributed by atoms with Crippen LogP contribution < -0.4 is 4.90 Å². The fourth-order valence-electron chi connectivity index (χ4n) is 4.30. The van der Waals surface area contributed by atoms with Crippen LogP contribution in [0.15, 0.2) is 95.9 Å². The van der Waals surface area contributed by atoms with Gasteiger partial charge in [0.25, 0.3) is 0 Å². The van der Waals surface area contributed by atoms with Crippen molar-refractivity contribution in [3.8, 4) is 12.3 Å². The Morgan fingerprint density at radius 3 is 2.17 bits per heavy atom. The van der Waals surface area contributed by atoms with Gasteiger partial charge in [0.15, 0.2) is 0 Å². The van der Waals surface area contributed by atoms with Crippen molar-refractivity contribution >= 4 is 11.3 Å². The van der Waals surface area contributed by atoms with Crippen LogP contribution in [0.4, 0.5) is 5.69 Å². The molecule has 0 aliphatic rings. The summed E-state index contributed by atoms with van der Waals surface area (Å²) in [4.78, 5) is 2.34. The summed E-state index contributed by atoms with van der Waals surface area (Å²) >= 11 is 0. The van der Waals surface area contributed by atoms with Gasteiger partial charge in [-0.3, -0.25) is 0 Å². The molecule has 0 aromatic heterocycles. The molecule has 0 heterocycles. The summed E-state index contributed by atoms with van der Waals surface area (Å²) in [7, 11) is 6.71. The lowest BCUT2D eigenvalue weighted by atomic mass is 9.90. The molecule has 0 bridgehead atoms. The van der Waals surface area contributed by atoms with Gasteiger partial charge >= 0.3 is 0 Å². The van der Waals surface area contributed by atoms with Gasteiger partial charge in [0.05, 0.1) is 27.2 Å². The predicted molar refractivity (Wildman–Crippen MR) is 155 cm³/mol. The third-order valence-corrected chi connectivity index (χ3v) is 6.50. The Morgan fingerprint density at radius 2 is 1.63 bits per heavy atom. The van der Waals surface area contributed by atoms with Gasteiger partial charge < -0.3 is 9.38 Å². The number of allylic oxidation sites excluding steroid dienone is 7. The van der Waals surface area contributed by atoms with Crippen molar-refractivity contribution in [2.24, 2.45) is 0 Å². The summed E-state index contributed by atoms with van der Waals surface area (Å²) in [6, 6.07) is 19.3. The maximum absolute atomic E-state index is 5.76.